The Bertz CT molecular complexity index is 845. The lowest BCUT2D eigenvalue weighted by Crippen LogP contribution is -2.39. The standard InChI is InChI=1S/C20H25ClFN5O2/c1-26(12-20(28)29-2)11-14-5-7-27(8-6-14)19-10-18(23-13-24-19)25-15-3-4-17(22)16(21)9-15/h3-4,9-10,13-14H,5-8,11-12H2,1-2H3,(H,23,24,25). The van der Waals surface area contributed by atoms with E-state index in [2.05, 4.69) is 20.2 Å². The van der Waals surface area contributed by atoms with Crippen LogP contribution in [0.5, 0.6) is 0 Å². The van der Waals surface area contributed by atoms with Gasteiger partial charge in [0.15, 0.2) is 0 Å². The van der Waals surface area contributed by atoms with Gasteiger partial charge in [-0.25, -0.2) is 14.4 Å². The zero-order valence-electron chi connectivity index (χ0n) is 16.6. The number of carbonyl (C=O) groups excluding carboxylic acids is 1. The van der Waals surface area contributed by atoms with Crippen molar-refractivity contribution in [1.29, 1.82) is 0 Å². The second-order valence-corrected chi connectivity index (χ2v) is 7.63. The van der Waals surface area contributed by atoms with Crippen molar-refractivity contribution < 1.29 is 13.9 Å². The van der Waals surface area contributed by atoms with Crippen LogP contribution in [-0.2, 0) is 9.53 Å². The number of ether oxygens (including phenoxy) is 1. The Balaban J connectivity index is 1.55. The number of methoxy groups -OCH3 is 1. The van der Waals surface area contributed by atoms with Crippen LogP contribution < -0.4 is 10.2 Å². The van der Waals surface area contributed by atoms with Crippen LogP contribution in [0.2, 0.25) is 5.02 Å². The van der Waals surface area contributed by atoms with Gasteiger partial charge in [-0.15, -0.1) is 0 Å². The van der Waals surface area contributed by atoms with Crippen LogP contribution in [0.15, 0.2) is 30.6 Å². The van der Waals surface area contributed by atoms with E-state index in [1.54, 1.807) is 6.07 Å². The van der Waals surface area contributed by atoms with E-state index in [1.807, 2.05) is 18.0 Å². The van der Waals surface area contributed by atoms with Crippen molar-refractivity contribution in [2.45, 2.75) is 12.8 Å². The Morgan fingerprint density at radius 2 is 2.10 bits per heavy atom. The summed E-state index contributed by atoms with van der Waals surface area (Å²) in [5, 5.41) is 3.19. The number of nitrogens with zero attached hydrogens (tertiary/aromatic N) is 4. The Hall–Kier alpha value is -2.45. The van der Waals surface area contributed by atoms with Gasteiger partial charge in [-0.1, -0.05) is 11.6 Å². The molecule has 1 aromatic carbocycles. The van der Waals surface area contributed by atoms with Crippen molar-refractivity contribution in [2.24, 2.45) is 5.92 Å². The zero-order valence-corrected chi connectivity index (χ0v) is 17.3. The topological polar surface area (TPSA) is 70.6 Å². The maximum Gasteiger partial charge on any atom is 0.319 e. The van der Waals surface area contributed by atoms with Crippen LogP contribution in [0, 0.1) is 11.7 Å². The number of benzene rings is 1. The predicted molar refractivity (Wildman–Crippen MR) is 111 cm³/mol. The molecular weight excluding hydrogens is 397 g/mol. The Kier molecular flexibility index (Phi) is 7.22. The molecule has 0 unspecified atom stereocenters. The van der Waals surface area contributed by atoms with Crippen LogP contribution in [0.3, 0.4) is 0 Å². The molecule has 0 saturated carbocycles. The Morgan fingerprint density at radius 1 is 1.34 bits per heavy atom. The molecule has 0 atom stereocenters. The number of nitrogens with one attached hydrogen (secondary N) is 1. The maximum atomic E-state index is 13.3. The van der Waals surface area contributed by atoms with E-state index in [9.17, 15) is 9.18 Å². The van der Waals surface area contributed by atoms with Gasteiger partial charge in [-0.05, 0) is 44.0 Å². The third kappa shape index (κ3) is 6.01. The molecule has 1 aliphatic rings. The molecule has 0 radical (unpaired) electrons. The average molecular weight is 422 g/mol. The van der Waals surface area contributed by atoms with E-state index in [0.29, 0.717) is 24.0 Å². The molecule has 2 aromatic rings. The largest absolute Gasteiger partial charge is 0.468 e. The number of aromatic nitrogens is 2. The van der Waals surface area contributed by atoms with Crippen LogP contribution >= 0.6 is 11.6 Å². The Morgan fingerprint density at radius 3 is 2.79 bits per heavy atom. The van der Waals surface area contributed by atoms with Gasteiger partial charge in [0.05, 0.1) is 18.7 Å². The molecule has 0 spiro atoms. The van der Waals surface area contributed by atoms with E-state index < -0.39 is 5.82 Å². The number of esters is 1. The molecule has 0 amide bonds. The Labute approximate surface area is 174 Å². The van der Waals surface area contributed by atoms with Crippen LogP contribution in [0.1, 0.15) is 12.8 Å². The second-order valence-electron chi connectivity index (χ2n) is 7.22. The number of halogens is 2. The molecule has 1 N–H and O–H groups in total. The third-order valence-electron chi connectivity index (χ3n) is 4.98. The molecule has 3 rings (SSSR count). The fourth-order valence-corrected chi connectivity index (χ4v) is 3.63. The maximum absolute atomic E-state index is 13.3. The van der Waals surface area contributed by atoms with Gasteiger partial charge in [0.1, 0.15) is 23.8 Å². The van der Waals surface area contributed by atoms with E-state index in [-0.39, 0.29) is 11.0 Å². The summed E-state index contributed by atoms with van der Waals surface area (Å²) in [4.78, 5) is 24.2. The summed E-state index contributed by atoms with van der Waals surface area (Å²) >= 11 is 5.83. The first-order chi connectivity index (χ1) is 13.9. The lowest BCUT2D eigenvalue weighted by atomic mass is 9.96. The van der Waals surface area contributed by atoms with Crippen molar-refractivity contribution in [3.05, 3.63) is 41.4 Å². The molecule has 29 heavy (non-hydrogen) atoms. The van der Waals surface area contributed by atoms with E-state index in [4.69, 9.17) is 16.3 Å². The van der Waals surface area contributed by atoms with Crippen molar-refractivity contribution in [3.63, 3.8) is 0 Å². The summed E-state index contributed by atoms with van der Waals surface area (Å²) in [6, 6.07) is 6.32. The van der Waals surface area contributed by atoms with Gasteiger partial charge in [0.25, 0.3) is 0 Å². The minimum Gasteiger partial charge on any atom is -0.468 e. The lowest BCUT2D eigenvalue weighted by Gasteiger charge is -2.34. The number of rotatable bonds is 7. The minimum atomic E-state index is -0.458. The first-order valence-electron chi connectivity index (χ1n) is 9.49. The van der Waals surface area contributed by atoms with Crippen LogP contribution in [-0.4, -0.2) is 61.2 Å². The highest BCUT2D eigenvalue weighted by Gasteiger charge is 2.22. The number of likely N-dealkylation sites (N-methyl/N-ethyl adjacent to an activating group) is 1. The summed E-state index contributed by atoms with van der Waals surface area (Å²) in [6.45, 7) is 2.95. The highest BCUT2D eigenvalue weighted by atomic mass is 35.5. The molecule has 7 nitrogen and oxygen atoms in total. The average Bonchev–Trinajstić information content (AvgIpc) is 2.71. The molecule has 1 aromatic heterocycles. The molecule has 1 aliphatic heterocycles. The van der Waals surface area contributed by atoms with Gasteiger partial charge in [-0.3, -0.25) is 9.69 Å². The summed E-state index contributed by atoms with van der Waals surface area (Å²) in [5.41, 5.74) is 0.661. The number of anilines is 3. The molecule has 0 aliphatic carbocycles. The molecule has 0 bridgehead atoms. The molecule has 1 saturated heterocycles. The summed E-state index contributed by atoms with van der Waals surface area (Å²) in [7, 11) is 3.34. The highest BCUT2D eigenvalue weighted by molar-refractivity contribution is 6.31. The zero-order chi connectivity index (χ0) is 20.8. The van der Waals surface area contributed by atoms with Crippen molar-refractivity contribution in [1.82, 2.24) is 14.9 Å². The lowest BCUT2D eigenvalue weighted by molar-refractivity contribution is -0.141. The van der Waals surface area contributed by atoms with Gasteiger partial charge in [0, 0.05) is 31.4 Å². The van der Waals surface area contributed by atoms with Crippen LogP contribution in [0.25, 0.3) is 0 Å². The van der Waals surface area contributed by atoms with E-state index >= 15 is 0 Å². The molecular formula is C20H25ClFN5O2. The normalized spacial score (nSPS) is 14.9. The van der Waals surface area contributed by atoms with Crippen molar-refractivity contribution in [2.75, 3.05) is 50.6 Å². The second kappa shape index (κ2) is 9.84. The molecule has 1 fully saturated rings. The summed E-state index contributed by atoms with van der Waals surface area (Å²) in [5.74, 6) is 1.32. The smallest absolute Gasteiger partial charge is 0.319 e. The minimum absolute atomic E-state index is 0.0588. The molecule has 9 heteroatoms. The fraction of sp³-hybridized carbons (Fsp3) is 0.450. The van der Waals surface area contributed by atoms with Gasteiger partial charge >= 0.3 is 5.97 Å². The SMILES string of the molecule is COC(=O)CN(C)CC1CCN(c2cc(Nc3ccc(F)c(Cl)c3)ncn2)CC1. The fourth-order valence-electron chi connectivity index (χ4n) is 3.45. The number of piperidine rings is 1. The summed E-state index contributed by atoms with van der Waals surface area (Å²) in [6.07, 6.45) is 3.55. The van der Waals surface area contributed by atoms with Gasteiger partial charge in [0.2, 0.25) is 0 Å². The van der Waals surface area contributed by atoms with E-state index in [1.165, 1.54) is 25.6 Å². The van der Waals surface area contributed by atoms with Crippen molar-refractivity contribution in [3.8, 4) is 0 Å². The highest BCUT2D eigenvalue weighted by Crippen LogP contribution is 2.26. The first-order valence-corrected chi connectivity index (χ1v) is 9.87. The first kappa shape index (κ1) is 21.3. The number of carbonyl (C=O) groups is 1. The van der Waals surface area contributed by atoms with Crippen LogP contribution in [0.4, 0.5) is 21.7 Å². The quantitative estimate of drug-likeness (QED) is 0.687. The summed E-state index contributed by atoms with van der Waals surface area (Å²) < 4.78 is 18.0. The third-order valence-corrected chi connectivity index (χ3v) is 5.27. The van der Waals surface area contributed by atoms with E-state index in [0.717, 1.165) is 38.3 Å². The van der Waals surface area contributed by atoms with Gasteiger partial charge in [-0.2, -0.15) is 0 Å². The predicted octanol–water partition coefficient (Wildman–Crippen LogP) is 3.33. The number of hydrogen-bond acceptors (Lipinski definition) is 7. The monoisotopic (exact) mass is 421 g/mol. The van der Waals surface area contributed by atoms with Gasteiger partial charge < -0.3 is 15.0 Å². The molecule has 156 valence electrons. The molecule has 2 heterocycles. The number of hydrogen-bond donors (Lipinski definition) is 1. The van der Waals surface area contributed by atoms with Crippen molar-refractivity contribution >= 4 is 34.9 Å².